The van der Waals surface area contributed by atoms with Crippen molar-refractivity contribution in [2.75, 3.05) is 6.54 Å². The van der Waals surface area contributed by atoms with Crippen molar-refractivity contribution >= 4 is 5.97 Å². The molecule has 1 saturated carbocycles. The van der Waals surface area contributed by atoms with E-state index in [1.165, 1.54) is 0 Å². The van der Waals surface area contributed by atoms with Gasteiger partial charge >= 0.3 is 5.97 Å². The van der Waals surface area contributed by atoms with E-state index >= 15 is 0 Å². The molecule has 1 aliphatic rings. The Kier molecular flexibility index (Phi) is 3.36. The van der Waals surface area contributed by atoms with Gasteiger partial charge in [-0.05, 0) is 32.1 Å². The van der Waals surface area contributed by atoms with E-state index in [0.717, 1.165) is 25.7 Å². The van der Waals surface area contributed by atoms with Crippen LogP contribution < -0.4 is 5.32 Å². The second kappa shape index (κ2) is 4.34. The first kappa shape index (κ1) is 8.53. The van der Waals surface area contributed by atoms with Crippen LogP contribution in [0.3, 0.4) is 0 Å². The predicted molar refractivity (Wildman–Crippen MR) is 42.2 cm³/mol. The van der Waals surface area contributed by atoms with E-state index in [-0.39, 0.29) is 6.54 Å². The van der Waals surface area contributed by atoms with Crippen molar-refractivity contribution in [3.8, 4) is 0 Å². The van der Waals surface area contributed by atoms with Gasteiger partial charge in [-0.1, -0.05) is 0 Å². The third-order valence-electron chi connectivity index (χ3n) is 1.98. The molecule has 2 N–H and O–H groups in total. The van der Waals surface area contributed by atoms with Crippen molar-refractivity contribution in [1.29, 1.82) is 0 Å². The van der Waals surface area contributed by atoms with E-state index in [9.17, 15) is 4.79 Å². The summed E-state index contributed by atoms with van der Waals surface area (Å²) in [5.41, 5.74) is 0. The Labute approximate surface area is 66.8 Å². The Morgan fingerprint density at radius 1 is 1.55 bits per heavy atom. The molecule has 0 bridgehead atoms. The minimum Gasteiger partial charge on any atom is -0.480 e. The average molecular weight is 156 g/mol. The predicted octanol–water partition coefficient (Wildman–Crippen LogP) is 0.807. The molecule has 1 aliphatic carbocycles. The minimum atomic E-state index is -0.764. The molecule has 0 aliphatic heterocycles. The van der Waals surface area contributed by atoms with Crippen molar-refractivity contribution in [2.24, 2.45) is 0 Å². The fourth-order valence-electron chi connectivity index (χ4n) is 1.36. The molecule has 11 heavy (non-hydrogen) atoms. The number of hydrogen-bond acceptors (Lipinski definition) is 2. The summed E-state index contributed by atoms with van der Waals surface area (Å²) < 4.78 is 0. The van der Waals surface area contributed by atoms with E-state index in [0.29, 0.717) is 6.04 Å². The lowest BCUT2D eigenvalue weighted by Gasteiger charge is -2.21. The lowest BCUT2D eigenvalue weighted by Crippen LogP contribution is -2.34. The number of nitrogens with one attached hydrogen (secondary N) is 1. The molecule has 0 saturated heterocycles. The first-order valence-corrected chi connectivity index (χ1v) is 4.06. The Balaban J connectivity index is 2.09. The number of carbonyl (C=O) groups is 1. The number of carboxylic acid groups (broad SMARTS) is 1. The summed E-state index contributed by atoms with van der Waals surface area (Å²) >= 11 is 0. The van der Waals surface area contributed by atoms with Crippen LogP contribution in [-0.2, 0) is 4.79 Å². The third-order valence-corrected chi connectivity index (χ3v) is 1.98. The largest absolute Gasteiger partial charge is 0.480 e. The zero-order chi connectivity index (χ0) is 8.10. The standard InChI is InChI=1S/C8H14NO2/c10-8(11)6-9-7-4-2-1-3-5-7/h1,7,9H,2-6H2,(H,10,11). The zero-order valence-corrected chi connectivity index (χ0v) is 6.55. The van der Waals surface area contributed by atoms with E-state index in [4.69, 9.17) is 5.11 Å². The second-order valence-electron chi connectivity index (χ2n) is 2.91. The van der Waals surface area contributed by atoms with Gasteiger partial charge in [0.2, 0.25) is 0 Å². The quantitative estimate of drug-likeness (QED) is 0.635. The van der Waals surface area contributed by atoms with Gasteiger partial charge in [-0.2, -0.15) is 0 Å². The molecule has 0 amide bonds. The lowest BCUT2D eigenvalue weighted by molar-refractivity contribution is -0.136. The van der Waals surface area contributed by atoms with Crippen molar-refractivity contribution in [3.63, 3.8) is 0 Å². The van der Waals surface area contributed by atoms with Crippen molar-refractivity contribution in [3.05, 3.63) is 6.42 Å². The Hall–Kier alpha value is -0.570. The zero-order valence-electron chi connectivity index (χ0n) is 6.55. The fourth-order valence-corrected chi connectivity index (χ4v) is 1.36. The van der Waals surface area contributed by atoms with Crippen LogP contribution in [0.1, 0.15) is 25.7 Å². The molecular formula is C8H14NO2. The van der Waals surface area contributed by atoms with E-state index in [1.54, 1.807) is 0 Å². The van der Waals surface area contributed by atoms with Crippen LogP contribution >= 0.6 is 0 Å². The Bertz CT molecular complexity index is 130. The lowest BCUT2D eigenvalue weighted by atomic mass is 9.96. The molecule has 1 radical (unpaired) electrons. The molecular weight excluding hydrogens is 142 g/mol. The summed E-state index contributed by atoms with van der Waals surface area (Å²) in [5.74, 6) is -0.764. The first-order valence-electron chi connectivity index (χ1n) is 4.06. The maximum atomic E-state index is 10.2. The molecule has 0 heterocycles. The van der Waals surface area contributed by atoms with E-state index < -0.39 is 5.97 Å². The third kappa shape index (κ3) is 3.37. The highest BCUT2D eigenvalue weighted by Crippen LogP contribution is 2.15. The van der Waals surface area contributed by atoms with Crippen molar-refractivity contribution in [2.45, 2.75) is 31.7 Å². The summed E-state index contributed by atoms with van der Waals surface area (Å²) in [4.78, 5) is 10.2. The van der Waals surface area contributed by atoms with Gasteiger partial charge in [-0.25, -0.2) is 0 Å². The summed E-state index contributed by atoms with van der Waals surface area (Å²) in [5, 5.41) is 11.4. The molecule has 3 nitrogen and oxygen atoms in total. The highest BCUT2D eigenvalue weighted by molar-refractivity contribution is 5.69. The van der Waals surface area contributed by atoms with Gasteiger partial charge < -0.3 is 10.4 Å². The number of aliphatic carboxylic acids is 1. The minimum absolute atomic E-state index is 0.102. The van der Waals surface area contributed by atoms with Gasteiger partial charge in [0.05, 0.1) is 6.54 Å². The number of rotatable bonds is 3. The van der Waals surface area contributed by atoms with Crippen LogP contribution in [0, 0.1) is 6.42 Å². The van der Waals surface area contributed by atoms with Crippen LogP contribution in [-0.4, -0.2) is 23.7 Å². The van der Waals surface area contributed by atoms with Crippen LogP contribution in [0.25, 0.3) is 0 Å². The maximum Gasteiger partial charge on any atom is 0.317 e. The SMILES string of the molecule is O=C(O)CNC1CC[CH]CC1. The fraction of sp³-hybridized carbons (Fsp3) is 0.750. The van der Waals surface area contributed by atoms with Crippen LogP contribution in [0.5, 0.6) is 0 Å². The number of hydrogen-bond donors (Lipinski definition) is 2. The highest BCUT2D eigenvalue weighted by atomic mass is 16.4. The molecule has 0 atom stereocenters. The molecule has 63 valence electrons. The first-order chi connectivity index (χ1) is 5.29. The Morgan fingerprint density at radius 2 is 2.18 bits per heavy atom. The van der Waals surface area contributed by atoms with Crippen molar-refractivity contribution < 1.29 is 9.90 Å². The molecule has 3 heteroatoms. The Morgan fingerprint density at radius 3 is 2.73 bits per heavy atom. The highest BCUT2D eigenvalue weighted by Gasteiger charge is 2.13. The molecule has 0 aromatic heterocycles. The topological polar surface area (TPSA) is 49.3 Å². The maximum absolute atomic E-state index is 10.2. The van der Waals surface area contributed by atoms with Gasteiger partial charge in [0, 0.05) is 6.04 Å². The van der Waals surface area contributed by atoms with E-state index in [2.05, 4.69) is 11.7 Å². The molecule has 1 fully saturated rings. The van der Waals surface area contributed by atoms with Gasteiger partial charge in [-0.15, -0.1) is 0 Å². The summed E-state index contributed by atoms with van der Waals surface area (Å²) in [6.45, 7) is 0.102. The summed E-state index contributed by atoms with van der Waals surface area (Å²) in [7, 11) is 0. The van der Waals surface area contributed by atoms with Crippen molar-refractivity contribution in [1.82, 2.24) is 5.32 Å². The molecule has 1 rings (SSSR count). The van der Waals surface area contributed by atoms with Gasteiger partial charge in [0.25, 0.3) is 0 Å². The monoisotopic (exact) mass is 156 g/mol. The van der Waals surface area contributed by atoms with Gasteiger partial charge in [0.15, 0.2) is 0 Å². The van der Waals surface area contributed by atoms with Gasteiger partial charge in [0.1, 0.15) is 0 Å². The second-order valence-corrected chi connectivity index (χ2v) is 2.91. The summed E-state index contributed by atoms with van der Waals surface area (Å²) in [6.07, 6.45) is 6.69. The van der Waals surface area contributed by atoms with Gasteiger partial charge in [-0.3, -0.25) is 4.79 Å². The molecule has 0 unspecified atom stereocenters. The molecule has 0 aromatic rings. The molecule has 0 aromatic carbocycles. The van der Waals surface area contributed by atoms with E-state index in [1.807, 2.05) is 0 Å². The smallest absolute Gasteiger partial charge is 0.317 e. The van der Waals surface area contributed by atoms with Crippen LogP contribution in [0.2, 0.25) is 0 Å². The van der Waals surface area contributed by atoms with Crippen LogP contribution in [0.15, 0.2) is 0 Å². The normalized spacial score (nSPS) is 20.0. The summed E-state index contributed by atoms with van der Waals surface area (Å²) in [6, 6.07) is 0.427. The average Bonchev–Trinajstić information content (AvgIpc) is 2.03. The molecule has 0 spiro atoms. The van der Waals surface area contributed by atoms with Crippen LogP contribution in [0.4, 0.5) is 0 Å². The number of carboxylic acids is 1.